The van der Waals surface area contributed by atoms with Crippen molar-refractivity contribution in [1.82, 2.24) is 19.6 Å². The van der Waals surface area contributed by atoms with Crippen molar-refractivity contribution < 1.29 is 4.79 Å². The Morgan fingerprint density at radius 1 is 1.29 bits per heavy atom. The van der Waals surface area contributed by atoms with E-state index in [0.717, 1.165) is 12.1 Å². The number of anilines is 1. The topological polar surface area (TPSA) is 64.7 Å². The molecule has 2 heterocycles. The third-order valence-corrected chi connectivity index (χ3v) is 2.31. The maximum atomic E-state index is 10.9. The molecule has 2 aromatic rings. The minimum Gasteiger partial charge on any atom is -0.324 e. The third-order valence-electron chi connectivity index (χ3n) is 2.31. The van der Waals surface area contributed by atoms with Gasteiger partial charge >= 0.3 is 0 Å². The molecule has 0 radical (unpaired) electrons. The van der Waals surface area contributed by atoms with Crippen molar-refractivity contribution in [3.8, 4) is 0 Å². The van der Waals surface area contributed by atoms with Gasteiger partial charge in [-0.3, -0.25) is 14.2 Å². The maximum absolute atomic E-state index is 10.9. The van der Waals surface area contributed by atoms with Crippen LogP contribution in [0.1, 0.15) is 19.4 Å². The number of nitrogens with zero attached hydrogens (tertiary/aromatic N) is 4. The molecule has 90 valence electrons. The van der Waals surface area contributed by atoms with E-state index in [2.05, 4.69) is 15.5 Å². The molecule has 0 aromatic carbocycles. The average molecular weight is 233 g/mol. The number of carbonyl (C=O) groups excluding carboxylic acids is 1. The van der Waals surface area contributed by atoms with Crippen molar-refractivity contribution in [2.45, 2.75) is 26.9 Å². The first-order valence-electron chi connectivity index (χ1n) is 5.48. The molecule has 0 aliphatic heterocycles. The van der Waals surface area contributed by atoms with Crippen LogP contribution in [0.15, 0.2) is 24.8 Å². The lowest BCUT2D eigenvalue weighted by atomic mass is 10.4. The lowest BCUT2D eigenvalue weighted by Gasteiger charge is -1.97. The van der Waals surface area contributed by atoms with Gasteiger partial charge in [0.1, 0.15) is 0 Å². The number of aryl methyl sites for hydroxylation is 1. The Morgan fingerprint density at radius 2 is 2.06 bits per heavy atom. The highest BCUT2D eigenvalue weighted by Crippen LogP contribution is 2.07. The van der Waals surface area contributed by atoms with Gasteiger partial charge in [-0.2, -0.15) is 10.2 Å². The summed E-state index contributed by atoms with van der Waals surface area (Å²) in [6.45, 7) is 5.03. The molecule has 0 atom stereocenters. The Balaban J connectivity index is 2.03. The van der Waals surface area contributed by atoms with Gasteiger partial charge in [-0.15, -0.1) is 0 Å². The highest BCUT2D eigenvalue weighted by Gasteiger charge is 2.02. The number of amides is 1. The fourth-order valence-electron chi connectivity index (χ4n) is 1.57. The standard InChI is InChI=1S/C11H15N5O/c1-3-15-6-10(4-12-15)7-16-8-11(5-13-16)14-9(2)17/h4-6,8H,3,7H2,1-2H3,(H,14,17). The molecule has 0 aliphatic carbocycles. The van der Waals surface area contributed by atoms with E-state index in [0.29, 0.717) is 12.2 Å². The van der Waals surface area contributed by atoms with Crippen LogP contribution in [-0.2, 0) is 17.9 Å². The third kappa shape index (κ3) is 2.93. The van der Waals surface area contributed by atoms with E-state index in [1.165, 1.54) is 6.92 Å². The van der Waals surface area contributed by atoms with Crippen LogP contribution in [0.5, 0.6) is 0 Å². The summed E-state index contributed by atoms with van der Waals surface area (Å²) >= 11 is 0. The van der Waals surface area contributed by atoms with E-state index in [4.69, 9.17) is 0 Å². The summed E-state index contributed by atoms with van der Waals surface area (Å²) in [6.07, 6.45) is 7.24. The first-order chi connectivity index (χ1) is 8.17. The van der Waals surface area contributed by atoms with Crippen LogP contribution in [0, 0.1) is 0 Å². The summed E-state index contributed by atoms with van der Waals surface area (Å²) in [5.41, 5.74) is 1.80. The summed E-state index contributed by atoms with van der Waals surface area (Å²) in [7, 11) is 0. The smallest absolute Gasteiger partial charge is 0.221 e. The zero-order valence-corrected chi connectivity index (χ0v) is 9.92. The normalized spacial score (nSPS) is 10.5. The monoisotopic (exact) mass is 233 g/mol. The highest BCUT2D eigenvalue weighted by molar-refractivity contribution is 5.88. The predicted octanol–water partition coefficient (Wildman–Crippen LogP) is 1.11. The van der Waals surface area contributed by atoms with E-state index < -0.39 is 0 Å². The maximum Gasteiger partial charge on any atom is 0.221 e. The molecule has 17 heavy (non-hydrogen) atoms. The molecule has 2 rings (SSSR count). The fourth-order valence-corrected chi connectivity index (χ4v) is 1.57. The molecule has 1 amide bonds. The minimum absolute atomic E-state index is 0.0941. The van der Waals surface area contributed by atoms with E-state index in [9.17, 15) is 4.79 Å². The second kappa shape index (κ2) is 4.82. The summed E-state index contributed by atoms with van der Waals surface area (Å²) in [5, 5.41) is 11.0. The zero-order chi connectivity index (χ0) is 12.3. The molecule has 0 spiro atoms. The van der Waals surface area contributed by atoms with Crippen molar-refractivity contribution in [2.75, 3.05) is 5.32 Å². The van der Waals surface area contributed by atoms with Gasteiger partial charge in [0.05, 0.1) is 24.6 Å². The Labute approximate surface area is 99.2 Å². The van der Waals surface area contributed by atoms with Crippen LogP contribution >= 0.6 is 0 Å². The first kappa shape index (κ1) is 11.4. The van der Waals surface area contributed by atoms with E-state index in [-0.39, 0.29) is 5.91 Å². The highest BCUT2D eigenvalue weighted by atomic mass is 16.1. The Morgan fingerprint density at radius 3 is 2.71 bits per heavy atom. The van der Waals surface area contributed by atoms with Gasteiger partial charge < -0.3 is 5.32 Å². The fraction of sp³-hybridized carbons (Fsp3) is 0.364. The molecule has 0 unspecified atom stereocenters. The van der Waals surface area contributed by atoms with Crippen LogP contribution in [0.25, 0.3) is 0 Å². The lowest BCUT2D eigenvalue weighted by molar-refractivity contribution is -0.114. The van der Waals surface area contributed by atoms with Crippen molar-refractivity contribution in [1.29, 1.82) is 0 Å². The summed E-state index contributed by atoms with van der Waals surface area (Å²) in [5.74, 6) is -0.0941. The molecule has 6 nitrogen and oxygen atoms in total. The van der Waals surface area contributed by atoms with Gasteiger partial charge in [0.15, 0.2) is 0 Å². The molecule has 2 aromatic heterocycles. The van der Waals surface area contributed by atoms with Crippen LogP contribution in [0.4, 0.5) is 5.69 Å². The first-order valence-corrected chi connectivity index (χ1v) is 5.48. The van der Waals surface area contributed by atoms with Crippen molar-refractivity contribution in [3.05, 3.63) is 30.4 Å². The van der Waals surface area contributed by atoms with Crippen LogP contribution in [0.3, 0.4) is 0 Å². The largest absolute Gasteiger partial charge is 0.324 e. The van der Waals surface area contributed by atoms with Crippen LogP contribution < -0.4 is 5.32 Å². The molecule has 0 bridgehead atoms. The lowest BCUT2D eigenvalue weighted by Crippen LogP contribution is -2.04. The van der Waals surface area contributed by atoms with Crippen molar-refractivity contribution in [3.63, 3.8) is 0 Å². The van der Waals surface area contributed by atoms with Gasteiger partial charge in [0.2, 0.25) is 5.91 Å². The molecular formula is C11H15N5O. The van der Waals surface area contributed by atoms with E-state index in [1.807, 2.05) is 24.0 Å². The minimum atomic E-state index is -0.0941. The van der Waals surface area contributed by atoms with E-state index >= 15 is 0 Å². The molecule has 1 N–H and O–H groups in total. The van der Waals surface area contributed by atoms with Crippen molar-refractivity contribution >= 4 is 11.6 Å². The Kier molecular flexibility index (Phi) is 3.22. The second-order valence-electron chi connectivity index (χ2n) is 3.81. The van der Waals surface area contributed by atoms with Gasteiger partial charge in [-0.1, -0.05) is 0 Å². The number of rotatable bonds is 4. The number of hydrogen-bond acceptors (Lipinski definition) is 3. The summed E-state index contributed by atoms with van der Waals surface area (Å²) < 4.78 is 3.63. The molecular weight excluding hydrogens is 218 g/mol. The number of carbonyl (C=O) groups is 1. The van der Waals surface area contributed by atoms with Gasteiger partial charge in [0, 0.05) is 31.4 Å². The Hall–Kier alpha value is -2.11. The number of hydrogen-bond donors (Lipinski definition) is 1. The quantitative estimate of drug-likeness (QED) is 0.860. The van der Waals surface area contributed by atoms with Crippen LogP contribution in [0.2, 0.25) is 0 Å². The summed E-state index contributed by atoms with van der Waals surface area (Å²) in [4.78, 5) is 10.9. The van der Waals surface area contributed by atoms with E-state index in [1.54, 1.807) is 17.1 Å². The average Bonchev–Trinajstić information content (AvgIpc) is 2.88. The van der Waals surface area contributed by atoms with Crippen LogP contribution in [-0.4, -0.2) is 25.5 Å². The van der Waals surface area contributed by atoms with Gasteiger partial charge in [-0.25, -0.2) is 0 Å². The molecule has 0 saturated carbocycles. The van der Waals surface area contributed by atoms with Gasteiger partial charge in [0.25, 0.3) is 0 Å². The number of aromatic nitrogens is 4. The second-order valence-corrected chi connectivity index (χ2v) is 3.81. The van der Waals surface area contributed by atoms with Crippen molar-refractivity contribution in [2.24, 2.45) is 0 Å². The molecule has 0 fully saturated rings. The molecule has 6 heteroatoms. The number of nitrogens with one attached hydrogen (secondary N) is 1. The van der Waals surface area contributed by atoms with Gasteiger partial charge in [-0.05, 0) is 6.92 Å². The predicted molar refractivity (Wildman–Crippen MR) is 63.5 cm³/mol. The molecule has 0 saturated heterocycles. The summed E-state index contributed by atoms with van der Waals surface area (Å²) in [6, 6.07) is 0. The SMILES string of the molecule is CCn1cc(Cn2cc(NC(C)=O)cn2)cn1. The Bertz CT molecular complexity index is 513. The molecule has 0 aliphatic rings. The zero-order valence-electron chi connectivity index (χ0n) is 9.92.